The Hall–Kier alpha value is -1.46. The topological polar surface area (TPSA) is 199 Å². The molecule has 0 aromatic heterocycles. The molecule has 0 spiro atoms. The van der Waals surface area contributed by atoms with Crippen LogP contribution in [-0.2, 0) is 9.47 Å². The van der Waals surface area contributed by atoms with Crippen LogP contribution in [0.25, 0.3) is 11.5 Å². The second-order valence-corrected chi connectivity index (χ2v) is 7.77. The first-order valence-corrected chi connectivity index (χ1v) is 10.7. The molecule has 0 saturated carbocycles. The van der Waals surface area contributed by atoms with Crippen molar-refractivity contribution in [2.24, 2.45) is 5.73 Å². The van der Waals surface area contributed by atoms with Gasteiger partial charge in [0, 0.05) is 88.1 Å². The van der Waals surface area contributed by atoms with Crippen LogP contribution in [0.15, 0.2) is 36.4 Å². The van der Waals surface area contributed by atoms with Crippen LogP contribution in [0.5, 0.6) is 0 Å². The van der Waals surface area contributed by atoms with Gasteiger partial charge in [-0.1, -0.05) is 0 Å². The number of cyclic esters (lactones) is 2. The van der Waals surface area contributed by atoms with Gasteiger partial charge in [-0.25, -0.2) is 23.9 Å². The van der Waals surface area contributed by atoms with Crippen molar-refractivity contribution in [2.75, 3.05) is 36.0 Å². The Kier molecular flexibility index (Phi) is 14.7. The molecule has 39 heavy (non-hydrogen) atoms. The van der Waals surface area contributed by atoms with Gasteiger partial charge in [-0.2, -0.15) is 0 Å². The molecule has 2 heterocycles. The Morgan fingerprint density at radius 1 is 0.897 bits per heavy atom. The predicted octanol–water partition coefficient (Wildman–Crippen LogP) is 2.62. The van der Waals surface area contributed by atoms with E-state index in [0.717, 1.165) is 18.2 Å². The Bertz CT molecular complexity index is 1230. The van der Waals surface area contributed by atoms with Crippen LogP contribution in [0.1, 0.15) is 20.7 Å². The number of hydrogen-bond donors (Lipinski definition) is 3. The van der Waals surface area contributed by atoms with Crippen LogP contribution in [0.4, 0.5) is 29.7 Å². The van der Waals surface area contributed by atoms with Crippen LogP contribution in [0.3, 0.4) is 0 Å². The molecule has 2 fully saturated rings. The van der Waals surface area contributed by atoms with Gasteiger partial charge >= 0.3 is 12.2 Å². The van der Waals surface area contributed by atoms with Gasteiger partial charge in [0.05, 0.1) is 35.6 Å². The molecule has 6 N–H and O–H groups in total. The van der Waals surface area contributed by atoms with Crippen LogP contribution in [0, 0.1) is 99.8 Å². The van der Waals surface area contributed by atoms with Crippen molar-refractivity contribution in [1.82, 2.24) is 5.48 Å². The van der Waals surface area contributed by atoms with E-state index in [1.807, 2.05) is 0 Å². The molecule has 2 saturated heterocycles. The number of primary amides is 1. The van der Waals surface area contributed by atoms with E-state index in [-0.39, 0.29) is 137 Å². The minimum Gasteiger partial charge on any atom is -0.674 e. The van der Waals surface area contributed by atoms with Gasteiger partial charge in [0.25, 0.3) is 11.8 Å². The number of nitrogens with one attached hydrogen (secondary N) is 3. The van der Waals surface area contributed by atoms with E-state index in [2.05, 4.69) is 0 Å². The van der Waals surface area contributed by atoms with Crippen LogP contribution < -0.4 is 21.0 Å². The van der Waals surface area contributed by atoms with E-state index in [0.29, 0.717) is 0 Å². The van der Waals surface area contributed by atoms with E-state index in [1.165, 1.54) is 33.5 Å². The Labute approximate surface area is 292 Å². The molecular formula is C22H22Ac2F2N6O7-2. The van der Waals surface area contributed by atoms with Crippen molar-refractivity contribution >= 4 is 35.4 Å². The average molecular weight is 974 g/mol. The molecule has 13 nitrogen and oxygen atoms in total. The third-order valence-corrected chi connectivity index (χ3v) is 5.34. The molecule has 2 aromatic carbocycles. The summed E-state index contributed by atoms with van der Waals surface area (Å²) in [5, 5.41) is 8.43. The monoisotopic (exact) mass is 974 g/mol. The summed E-state index contributed by atoms with van der Waals surface area (Å²) in [6, 6.07) is 7.19. The fourth-order valence-corrected chi connectivity index (χ4v) is 3.47. The minimum atomic E-state index is -0.975. The SMILES string of the molecule is [Ac].[Ac].[NH-]C[C@H]1CN(c2ccc(C(=O)NO)c(F)c2)C(=O)O1.[NH-]C[C@H]1CN(c2ccc(C(N)=O)c(F)c2)C(=O)O1. The zero-order chi connectivity index (χ0) is 27.3. The molecule has 2 radical (unpaired) electrons. The molecule has 2 aliphatic heterocycles. The van der Waals surface area contributed by atoms with Crippen molar-refractivity contribution in [3.63, 3.8) is 0 Å². The Balaban J connectivity index is 0.000000371. The fraction of sp³-hybridized carbons (Fsp3) is 0.273. The summed E-state index contributed by atoms with van der Waals surface area (Å²) in [6.07, 6.45) is -2.35. The Morgan fingerprint density at radius 2 is 1.31 bits per heavy atom. The summed E-state index contributed by atoms with van der Waals surface area (Å²) in [5.41, 5.74) is 20.5. The van der Waals surface area contributed by atoms with Crippen LogP contribution in [-0.4, -0.2) is 67.6 Å². The summed E-state index contributed by atoms with van der Waals surface area (Å²) in [4.78, 5) is 47.4. The molecule has 17 heteroatoms. The third-order valence-electron chi connectivity index (χ3n) is 5.34. The molecule has 4 rings (SSSR count). The molecule has 0 bridgehead atoms. The molecule has 2 aliphatic rings. The quantitative estimate of drug-likeness (QED) is 0.292. The largest absolute Gasteiger partial charge is 0.674 e. The smallest absolute Gasteiger partial charge is 0.414 e. The molecule has 2 aromatic rings. The molecule has 204 valence electrons. The Morgan fingerprint density at radius 3 is 1.62 bits per heavy atom. The van der Waals surface area contributed by atoms with Gasteiger partial charge in [0.1, 0.15) is 23.8 Å². The van der Waals surface area contributed by atoms with E-state index < -0.39 is 47.8 Å². The first-order chi connectivity index (χ1) is 17.6. The zero-order valence-electron chi connectivity index (χ0n) is 20.2. The number of benzene rings is 2. The first kappa shape index (κ1) is 35.6. The first-order valence-electron chi connectivity index (χ1n) is 10.7. The molecule has 4 amide bonds. The van der Waals surface area contributed by atoms with E-state index in [1.54, 1.807) is 0 Å². The number of ether oxygens (including phenoxy) is 2. The van der Waals surface area contributed by atoms with Gasteiger partial charge in [-0.3, -0.25) is 24.6 Å². The van der Waals surface area contributed by atoms with E-state index in [9.17, 15) is 28.0 Å². The van der Waals surface area contributed by atoms with Crippen molar-refractivity contribution in [3.8, 4) is 0 Å². The fourth-order valence-electron chi connectivity index (χ4n) is 3.47. The molecular weight excluding hydrogens is 952 g/mol. The average Bonchev–Trinajstić information content (AvgIpc) is 3.45. The number of hydroxylamine groups is 1. The van der Waals surface area contributed by atoms with E-state index >= 15 is 0 Å². The van der Waals surface area contributed by atoms with Gasteiger partial charge in [-0.05, 0) is 36.4 Å². The number of carbonyl (C=O) groups excluding carboxylic acids is 4. The third kappa shape index (κ3) is 8.76. The number of hydrogen-bond acceptors (Lipinski definition) is 7. The van der Waals surface area contributed by atoms with Crippen molar-refractivity contribution in [1.29, 1.82) is 0 Å². The molecule has 2 atom stereocenters. The summed E-state index contributed by atoms with van der Waals surface area (Å²) in [7, 11) is 0. The summed E-state index contributed by atoms with van der Waals surface area (Å²) < 4.78 is 37.0. The summed E-state index contributed by atoms with van der Waals surface area (Å²) in [5.74, 6) is -3.50. The minimum absolute atomic E-state index is 0. The number of nitrogens with two attached hydrogens (primary N) is 1. The number of nitrogens with zero attached hydrogens (tertiary/aromatic N) is 2. The summed E-state index contributed by atoms with van der Waals surface area (Å²) >= 11 is 0. The summed E-state index contributed by atoms with van der Waals surface area (Å²) in [6.45, 7) is 0.227. The van der Waals surface area contributed by atoms with Crippen molar-refractivity contribution in [2.45, 2.75) is 12.2 Å². The van der Waals surface area contributed by atoms with Gasteiger partial charge in [-0.15, -0.1) is 13.1 Å². The van der Waals surface area contributed by atoms with Gasteiger partial charge < -0.3 is 26.7 Å². The number of anilines is 2. The normalized spacial score (nSPS) is 17.7. The standard InChI is InChI=1S/C11H11FN3O4.C11H11FN3O3.2Ac/c12-9-3-6(1-2-8(9)10(16)14-18)15-5-7(4-13)19-11(15)17;12-9-3-6(1-2-8(9)10(14)16)15-5-7(4-13)18-11(15)17;;/h1-3,7,13,18H,4-5H2,(H,14,16);1-3,7,13H,4-5H2,(H2,14,16);;/q2*-1;;/t2*7-;;/m00../s1. The maximum Gasteiger partial charge on any atom is 0.414 e. The van der Waals surface area contributed by atoms with Crippen LogP contribution in [0.2, 0.25) is 0 Å². The number of carbonyl (C=O) groups is 4. The number of halogens is 2. The van der Waals surface area contributed by atoms with Gasteiger partial charge in [0.2, 0.25) is 0 Å². The van der Waals surface area contributed by atoms with E-state index in [4.69, 9.17) is 31.9 Å². The predicted molar refractivity (Wildman–Crippen MR) is 124 cm³/mol. The zero-order valence-corrected chi connectivity index (χ0v) is 29.7. The second kappa shape index (κ2) is 16.1. The number of amides is 4. The second-order valence-electron chi connectivity index (χ2n) is 7.77. The maximum absolute atomic E-state index is 13.7. The maximum atomic E-state index is 13.7. The van der Waals surface area contributed by atoms with Crippen molar-refractivity contribution < 1.29 is 131 Å². The van der Waals surface area contributed by atoms with Crippen molar-refractivity contribution in [3.05, 3.63) is 70.6 Å². The van der Waals surface area contributed by atoms with Gasteiger partial charge in [0.15, 0.2) is 0 Å². The molecule has 0 unspecified atom stereocenters. The molecule has 0 aliphatic carbocycles. The van der Waals surface area contributed by atoms with Crippen LogP contribution >= 0.6 is 0 Å². The number of rotatable bonds is 6.